The summed E-state index contributed by atoms with van der Waals surface area (Å²) in [7, 11) is 1.51. The maximum absolute atomic E-state index is 12.1. The second-order valence-electron chi connectivity index (χ2n) is 4.37. The lowest BCUT2D eigenvalue weighted by Crippen LogP contribution is -2.32. The number of carbonyl (C=O) groups is 2. The first-order chi connectivity index (χ1) is 9.51. The summed E-state index contributed by atoms with van der Waals surface area (Å²) in [5.74, 6) is -0.672. The molecule has 20 heavy (non-hydrogen) atoms. The van der Waals surface area contributed by atoms with Crippen molar-refractivity contribution in [3.8, 4) is 0 Å². The molecular weight excluding hydrogens is 260 g/mol. The molecule has 0 saturated carbocycles. The van der Waals surface area contributed by atoms with E-state index < -0.39 is 5.97 Å². The third kappa shape index (κ3) is 2.90. The van der Waals surface area contributed by atoms with Crippen molar-refractivity contribution in [2.24, 2.45) is 0 Å². The molecular formula is C14H16N2O4. The number of benzene rings is 1. The summed E-state index contributed by atoms with van der Waals surface area (Å²) in [6.45, 7) is 1.88. The maximum atomic E-state index is 12.1. The van der Waals surface area contributed by atoms with E-state index in [0.29, 0.717) is 11.3 Å². The Hall–Kier alpha value is -2.50. The van der Waals surface area contributed by atoms with E-state index in [9.17, 15) is 9.59 Å². The van der Waals surface area contributed by atoms with Gasteiger partial charge in [-0.25, -0.2) is 0 Å². The van der Waals surface area contributed by atoms with Gasteiger partial charge in [0.2, 0.25) is 0 Å². The highest BCUT2D eigenvalue weighted by molar-refractivity contribution is 5.97. The van der Waals surface area contributed by atoms with Crippen molar-refractivity contribution in [1.82, 2.24) is 4.90 Å². The van der Waals surface area contributed by atoms with Crippen LogP contribution in [0.2, 0.25) is 0 Å². The predicted octanol–water partition coefficient (Wildman–Crippen LogP) is 1.65. The predicted molar refractivity (Wildman–Crippen MR) is 74.2 cm³/mol. The van der Waals surface area contributed by atoms with Crippen molar-refractivity contribution in [2.45, 2.75) is 6.92 Å². The number of nitrogens with two attached hydrogens (primary N) is 1. The van der Waals surface area contributed by atoms with Gasteiger partial charge in [-0.3, -0.25) is 9.59 Å². The van der Waals surface area contributed by atoms with Crippen LogP contribution < -0.4 is 5.73 Å². The van der Waals surface area contributed by atoms with Crippen molar-refractivity contribution >= 4 is 28.5 Å². The monoisotopic (exact) mass is 276 g/mol. The number of anilines is 1. The zero-order chi connectivity index (χ0) is 14.7. The summed E-state index contributed by atoms with van der Waals surface area (Å²) in [6.07, 6.45) is 0. The second-order valence-corrected chi connectivity index (χ2v) is 4.37. The molecule has 106 valence electrons. The number of fused-ring (bicyclic) bond motifs is 1. The van der Waals surface area contributed by atoms with E-state index in [0.717, 1.165) is 5.39 Å². The number of likely N-dealkylation sites (N-methyl/N-ethyl adjacent to an activating group) is 1. The average Bonchev–Trinajstić information content (AvgIpc) is 2.80. The fourth-order valence-corrected chi connectivity index (χ4v) is 1.83. The van der Waals surface area contributed by atoms with Crippen LogP contribution >= 0.6 is 0 Å². The number of ether oxygens (including phenoxy) is 1. The van der Waals surface area contributed by atoms with Gasteiger partial charge in [-0.15, -0.1) is 0 Å². The largest absolute Gasteiger partial charge is 0.465 e. The SMILES string of the molecule is CCOC(=O)CN(C)C(=O)c1cc2cc(N)ccc2o1. The van der Waals surface area contributed by atoms with Gasteiger partial charge in [0, 0.05) is 18.1 Å². The molecule has 1 amide bonds. The fourth-order valence-electron chi connectivity index (χ4n) is 1.83. The topological polar surface area (TPSA) is 85.8 Å². The fraction of sp³-hybridized carbons (Fsp3) is 0.286. The second kappa shape index (κ2) is 5.64. The zero-order valence-corrected chi connectivity index (χ0v) is 11.4. The summed E-state index contributed by atoms with van der Waals surface area (Å²) < 4.78 is 10.2. The third-order valence-corrected chi connectivity index (χ3v) is 2.77. The number of nitrogen functional groups attached to an aromatic ring is 1. The van der Waals surface area contributed by atoms with E-state index in [1.165, 1.54) is 11.9 Å². The van der Waals surface area contributed by atoms with Crippen LogP contribution in [-0.2, 0) is 9.53 Å². The lowest BCUT2D eigenvalue weighted by atomic mass is 10.2. The van der Waals surface area contributed by atoms with Crippen LogP contribution in [0.5, 0.6) is 0 Å². The van der Waals surface area contributed by atoms with Gasteiger partial charge in [0.25, 0.3) is 5.91 Å². The van der Waals surface area contributed by atoms with Crippen LogP contribution in [-0.4, -0.2) is 37.0 Å². The van der Waals surface area contributed by atoms with Gasteiger partial charge in [0.15, 0.2) is 5.76 Å². The lowest BCUT2D eigenvalue weighted by molar-refractivity contribution is -0.143. The Balaban J connectivity index is 2.16. The molecule has 1 heterocycles. The van der Waals surface area contributed by atoms with Crippen LogP contribution in [0, 0.1) is 0 Å². The van der Waals surface area contributed by atoms with Gasteiger partial charge < -0.3 is 19.8 Å². The number of hydrogen-bond acceptors (Lipinski definition) is 5. The first kappa shape index (κ1) is 13.9. The molecule has 0 spiro atoms. The van der Waals surface area contributed by atoms with Crippen molar-refractivity contribution in [3.05, 3.63) is 30.0 Å². The molecule has 1 aromatic carbocycles. The number of furan rings is 1. The van der Waals surface area contributed by atoms with E-state index in [1.807, 2.05) is 0 Å². The molecule has 0 aliphatic heterocycles. The first-order valence-corrected chi connectivity index (χ1v) is 6.21. The Morgan fingerprint density at radius 1 is 1.35 bits per heavy atom. The molecule has 0 aliphatic rings. The van der Waals surface area contributed by atoms with Crippen LogP contribution in [0.4, 0.5) is 5.69 Å². The Kier molecular flexibility index (Phi) is 3.93. The molecule has 2 aromatic rings. The first-order valence-electron chi connectivity index (χ1n) is 6.21. The summed E-state index contributed by atoms with van der Waals surface area (Å²) in [5.41, 5.74) is 6.84. The molecule has 6 nitrogen and oxygen atoms in total. The molecule has 0 atom stereocenters. The van der Waals surface area contributed by atoms with E-state index in [2.05, 4.69) is 0 Å². The third-order valence-electron chi connectivity index (χ3n) is 2.77. The lowest BCUT2D eigenvalue weighted by Gasteiger charge is -2.14. The summed E-state index contributed by atoms with van der Waals surface area (Å²) >= 11 is 0. The minimum Gasteiger partial charge on any atom is -0.465 e. The molecule has 0 bridgehead atoms. The standard InChI is InChI=1S/C14H16N2O4/c1-3-19-13(17)8-16(2)14(18)12-7-9-6-10(15)4-5-11(9)20-12/h4-7H,3,8,15H2,1-2H3. The van der Waals surface area contributed by atoms with E-state index >= 15 is 0 Å². The van der Waals surface area contributed by atoms with Crippen molar-refractivity contribution in [3.63, 3.8) is 0 Å². The highest BCUT2D eigenvalue weighted by Crippen LogP contribution is 2.22. The average molecular weight is 276 g/mol. The normalized spacial score (nSPS) is 10.5. The molecule has 6 heteroatoms. The van der Waals surface area contributed by atoms with Crippen molar-refractivity contribution in [2.75, 3.05) is 25.9 Å². The highest BCUT2D eigenvalue weighted by Gasteiger charge is 2.19. The quantitative estimate of drug-likeness (QED) is 0.678. The van der Waals surface area contributed by atoms with Gasteiger partial charge in [-0.05, 0) is 31.2 Å². The molecule has 2 rings (SSSR count). The van der Waals surface area contributed by atoms with Gasteiger partial charge in [-0.1, -0.05) is 0 Å². The number of carbonyl (C=O) groups excluding carboxylic acids is 2. The number of nitrogens with zero attached hydrogens (tertiary/aromatic N) is 1. The van der Waals surface area contributed by atoms with E-state index in [1.54, 1.807) is 31.2 Å². The smallest absolute Gasteiger partial charge is 0.325 e. The summed E-state index contributed by atoms with van der Waals surface area (Å²) in [4.78, 5) is 24.7. The van der Waals surface area contributed by atoms with Crippen LogP contribution in [0.25, 0.3) is 11.0 Å². The minimum absolute atomic E-state index is 0.119. The molecule has 0 aliphatic carbocycles. The Morgan fingerprint density at radius 3 is 2.80 bits per heavy atom. The number of rotatable bonds is 4. The van der Waals surface area contributed by atoms with Gasteiger partial charge in [0.1, 0.15) is 12.1 Å². The minimum atomic E-state index is -0.455. The van der Waals surface area contributed by atoms with E-state index in [4.69, 9.17) is 14.9 Å². The van der Waals surface area contributed by atoms with Gasteiger partial charge >= 0.3 is 5.97 Å². The van der Waals surface area contributed by atoms with Gasteiger partial charge in [-0.2, -0.15) is 0 Å². The van der Waals surface area contributed by atoms with E-state index in [-0.39, 0.29) is 24.8 Å². The number of amides is 1. The van der Waals surface area contributed by atoms with Crippen LogP contribution in [0.3, 0.4) is 0 Å². The highest BCUT2D eigenvalue weighted by atomic mass is 16.5. The molecule has 0 fully saturated rings. The molecule has 1 aromatic heterocycles. The molecule has 0 radical (unpaired) electrons. The van der Waals surface area contributed by atoms with Crippen LogP contribution in [0.15, 0.2) is 28.7 Å². The molecule has 0 saturated heterocycles. The molecule has 2 N–H and O–H groups in total. The number of esters is 1. The Bertz CT molecular complexity index is 648. The molecule has 0 unspecified atom stereocenters. The summed E-state index contributed by atoms with van der Waals surface area (Å²) in [6, 6.07) is 6.73. The zero-order valence-electron chi connectivity index (χ0n) is 11.4. The Labute approximate surface area is 116 Å². The number of hydrogen-bond donors (Lipinski definition) is 1. The van der Waals surface area contributed by atoms with Crippen molar-refractivity contribution in [1.29, 1.82) is 0 Å². The van der Waals surface area contributed by atoms with Crippen molar-refractivity contribution < 1.29 is 18.7 Å². The van der Waals surface area contributed by atoms with Crippen LogP contribution in [0.1, 0.15) is 17.5 Å². The van der Waals surface area contributed by atoms with Gasteiger partial charge in [0.05, 0.1) is 6.61 Å². The maximum Gasteiger partial charge on any atom is 0.325 e. The summed E-state index contributed by atoms with van der Waals surface area (Å²) in [5, 5.41) is 0.748. The Morgan fingerprint density at radius 2 is 2.10 bits per heavy atom.